The van der Waals surface area contributed by atoms with Crippen molar-refractivity contribution in [3.05, 3.63) is 42.0 Å². The highest BCUT2D eigenvalue weighted by atomic mass is 35.5. The third-order valence-corrected chi connectivity index (χ3v) is 6.88. The first-order valence-corrected chi connectivity index (χ1v) is 13.1. The first-order chi connectivity index (χ1) is 17.5. The minimum absolute atomic E-state index is 0. The van der Waals surface area contributed by atoms with E-state index in [0.29, 0.717) is 37.4 Å². The van der Waals surface area contributed by atoms with Crippen molar-refractivity contribution in [3.63, 3.8) is 0 Å². The van der Waals surface area contributed by atoms with Crippen LogP contribution in [0.25, 0.3) is 11.1 Å². The molecule has 16 heteroatoms. The van der Waals surface area contributed by atoms with Gasteiger partial charge in [0.15, 0.2) is 5.96 Å². The van der Waals surface area contributed by atoms with E-state index in [1.165, 1.54) is 17.4 Å². The van der Waals surface area contributed by atoms with Crippen molar-refractivity contribution in [2.24, 2.45) is 15.9 Å². The number of hydrogen-bond donors (Lipinski definition) is 3. The first-order valence-electron chi connectivity index (χ1n) is 11.3. The lowest BCUT2D eigenvalue weighted by Crippen LogP contribution is -2.35. The molecule has 208 valence electrons. The number of aliphatic imine (C=N–C) groups is 1. The van der Waals surface area contributed by atoms with Crippen LogP contribution < -0.4 is 16.0 Å². The molecule has 0 aliphatic carbocycles. The van der Waals surface area contributed by atoms with E-state index in [9.17, 15) is 13.2 Å². The van der Waals surface area contributed by atoms with E-state index in [1.54, 1.807) is 24.5 Å². The highest BCUT2D eigenvalue weighted by Gasteiger charge is 2.19. The van der Waals surface area contributed by atoms with E-state index < -0.39 is 21.9 Å². The van der Waals surface area contributed by atoms with E-state index >= 15 is 4.39 Å². The summed E-state index contributed by atoms with van der Waals surface area (Å²) in [4.78, 5) is 30.5. The minimum Gasteiger partial charge on any atom is -0.465 e. The van der Waals surface area contributed by atoms with Gasteiger partial charge in [0.1, 0.15) is 12.4 Å². The minimum atomic E-state index is -3.25. The molecule has 0 spiro atoms. The topological polar surface area (TPSA) is 176 Å². The number of rotatable bonds is 9. The van der Waals surface area contributed by atoms with Crippen LogP contribution in [0.5, 0.6) is 0 Å². The Balaban J connectivity index is 0.00000507. The quantitative estimate of drug-likeness (QED) is 0.174. The molecule has 0 saturated carbocycles. The summed E-state index contributed by atoms with van der Waals surface area (Å²) in [5.41, 5.74) is 7.33. The number of amides is 1. The van der Waals surface area contributed by atoms with Crippen molar-refractivity contribution in [3.8, 4) is 11.1 Å². The molecule has 1 aromatic heterocycles. The maximum atomic E-state index is 15.0. The number of aromatic nitrogens is 2. The predicted octanol–water partition coefficient (Wildman–Crippen LogP) is 1.65. The molecule has 0 bridgehead atoms. The number of carboxylic acid groups (broad SMARTS) is 1. The Kier molecular flexibility index (Phi) is 11.2. The fraction of sp³-hybridized carbons (Fsp3) is 0.409. The average molecular weight is 573 g/mol. The Hall–Kier alpha value is -3.56. The van der Waals surface area contributed by atoms with Gasteiger partial charge in [-0.3, -0.25) is 5.32 Å². The van der Waals surface area contributed by atoms with Crippen LogP contribution in [-0.4, -0.2) is 85.1 Å². The fourth-order valence-corrected chi connectivity index (χ4v) is 3.80. The summed E-state index contributed by atoms with van der Waals surface area (Å²) in [7, 11) is -1.77. The fourth-order valence-electron chi connectivity index (χ4n) is 3.40. The summed E-state index contributed by atoms with van der Waals surface area (Å²) in [5, 5.41) is 14.7. The number of nitrogens with one attached hydrogen (secondary N) is 1. The van der Waals surface area contributed by atoms with Crippen LogP contribution in [0, 0.1) is 5.82 Å². The molecule has 1 fully saturated rings. The smallest absolute Gasteiger partial charge is 0.411 e. The molecule has 0 unspecified atom stereocenters. The SMILES string of the molecule is CN(CCON=C1CCN(c2ncc(-c3cccc(CN=C(N)NC(=O)O)c3F)cn2)CC1)S(C)(=O)=O.Cl. The van der Waals surface area contributed by atoms with Crippen molar-refractivity contribution >= 4 is 46.1 Å². The number of carbonyl (C=O) groups is 1. The Morgan fingerprint density at radius 1 is 1.29 bits per heavy atom. The summed E-state index contributed by atoms with van der Waals surface area (Å²) < 4.78 is 39.0. The number of guanidine groups is 1. The van der Waals surface area contributed by atoms with Crippen molar-refractivity contribution in [2.45, 2.75) is 19.4 Å². The number of oxime groups is 1. The molecule has 1 amide bonds. The van der Waals surface area contributed by atoms with Crippen LogP contribution in [0.3, 0.4) is 0 Å². The van der Waals surface area contributed by atoms with Gasteiger partial charge in [-0.25, -0.2) is 36.9 Å². The highest BCUT2D eigenvalue weighted by Crippen LogP contribution is 2.25. The Morgan fingerprint density at radius 2 is 1.95 bits per heavy atom. The van der Waals surface area contributed by atoms with Crippen molar-refractivity contribution < 1.29 is 27.5 Å². The molecular formula is C22H30ClFN8O5S. The number of hydrogen-bond acceptors (Lipinski definition) is 9. The van der Waals surface area contributed by atoms with Gasteiger partial charge in [-0.05, 0) is 0 Å². The third-order valence-electron chi connectivity index (χ3n) is 5.56. The second kappa shape index (κ2) is 13.8. The van der Waals surface area contributed by atoms with Gasteiger partial charge in [0.2, 0.25) is 16.0 Å². The highest BCUT2D eigenvalue weighted by molar-refractivity contribution is 7.88. The second-order valence-electron chi connectivity index (χ2n) is 8.24. The van der Waals surface area contributed by atoms with Crippen molar-refractivity contribution in [2.75, 3.05) is 44.4 Å². The van der Waals surface area contributed by atoms with Gasteiger partial charge in [-0.2, -0.15) is 0 Å². The van der Waals surface area contributed by atoms with Crippen LogP contribution in [0.15, 0.2) is 40.7 Å². The Bertz CT molecular complexity index is 1270. The van der Waals surface area contributed by atoms with Crippen LogP contribution >= 0.6 is 12.4 Å². The lowest BCUT2D eigenvalue weighted by Gasteiger charge is -2.27. The standard InChI is InChI=1S/C22H29FN8O5S.ClH/c1-30(37(2,34)35)10-11-36-29-17-6-8-31(9-7-17)21-26-13-16(14-27-21)18-5-3-4-15(19(18)23)12-25-20(24)28-22(32)33;/h3-5,13-14H,6-12H2,1-2H3,(H,32,33)(H3,24,25,28);1H. The van der Waals surface area contributed by atoms with E-state index in [2.05, 4.69) is 20.1 Å². The summed E-state index contributed by atoms with van der Waals surface area (Å²) >= 11 is 0. The number of nitrogens with two attached hydrogens (primary N) is 1. The van der Waals surface area contributed by atoms with Crippen LogP contribution in [0.2, 0.25) is 0 Å². The number of anilines is 1. The molecule has 38 heavy (non-hydrogen) atoms. The van der Waals surface area contributed by atoms with Gasteiger partial charge in [0.25, 0.3) is 0 Å². The number of likely N-dealkylation sites (N-methyl/N-ethyl adjacent to an activating group) is 1. The first kappa shape index (κ1) is 30.7. The predicted molar refractivity (Wildman–Crippen MR) is 143 cm³/mol. The molecule has 2 heterocycles. The van der Waals surface area contributed by atoms with Gasteiger partial charge >= 0.3 is 6.09 Å². The van der Waals surface area contributed by atoms with Gasteiger partial charge < -0.3 is 20.6 Å². The lowest BCUT2D eigenvalue weighted by atomic mass is 10.0. The Labute approximate surface area is 226 Å². The molecule has 1 aromatic carbocycles. The normalized spacial score (nSPS) is 14.2. The number of benzene rings is 1. The van der Waals surface area contributed by atoms with Crippen molar-refractivity contribution in [1.29, 1.82) is 0 Å². The van der Waals surface area contributed by atoms with Gasteiger partial charge in [0, 0.05) is 62.1 Å². The van der Waals surface area contributed by atoms with Gasteiger partial charge in [-0.15, -0.1) is 12.4 Å². The monoisotopic (exact) mass is 572 g/mol. The average Bonchev–Trinajstić information content (AvgIpc) is 2.85. The van der Waals surface area contributed by atoms with E-state index in [0.717, 1.165) is 12.0 Å². The third kappa shape index (κ3) is 8.78. The number of piperidine rings is 1. The molecule has 3 rings (SSSR count). The Morgan fingerprint density at radius 3 is 2.55 bits per heavy atom. The van der Waals surface area contributed by atoms with Crippen molar-refractivity contribution in [1.82, 2.24) is 19.6 Å². The molecule has 0 radical (unpaired) electrons. The molecule has 1 saturated heterocycles. The largest absolute Gasteiger partial charge is 0.465 e. The summed E-state index contributed by atoms with van der Waals surface area (Å²) in [5.74, 6) is -0.342. The molecule has 2 aromatic rings. The van der Waals surface area contributed by atoms with Crippen LogP contribution in [-0.2, 0) is 21.4 Å². The van der Waals surface area contributed by atoms with Gasteiger partial charge in [0.05, 0.1) is 25.1 Å². The number of sulfonamides is 1. The second-order valence-corrected chi connectivity index (χ2v) is 10.3. The molecule has 4 N–H and O–H groups in total. The maximum absolute atomic E-state index is 15.0. The van der Waals surface area contributed by atoms with Gasteiger partial charge in [-0.1, -0.05) is 23.4 Å². The summed E-state index contributed by atoms with van der Waals surface area (Å²) in [6.07, 6.45) is 4.15. The molecule has 1 aliphatic heterocycles. The molecule has 1 aliphatic rings. The van der Waals surface area contributed by atoms with Crippen LogP contribution in [0.4, 0.5) is 15.1 Å². The summed E-state index contributed by atoms with van der Waals surface area (Å²) in [6.45, 7) is 1.49. The number of halogens is 2. The number of nitrogens with zero attached hydrogens (tertiary/aromatic N) is 6. The van der Waals surface area contributed by atoms with E-state index in [-0.39, 0.29) is 49.2 Å². The summed E-state index contributed by atoms with van der Waals surface area (Å²) in [6, 6.07) is 4.79. The molecule has 0 atom stereocenters. The van der Waals surface area contributed by atoms with Crippen LogP contribution in [0.1, 0.15) is 18.4 Å². The molecule has 13 nitrogen and oxygen atoms in total. The maximum Gasteiger partial charge on any atom is 0.411 e. The molecular weight excluding hydrogens is 543 g/mol. The van der Waals surface area contributed by atoms with E-state index in [1.807, 2.05) is 10.2 Å². The zero-order chi connectivity index (χ0) is 27.0. The zero-order valence-electron chi connectivity index (χ0n) is 20.9. The van der Waals surface area contributed by atoms with E-state index in [4.69, 9.17) is 15.7 Å². The zero-order valence-corrected chi connectivity index (χ0v) is 22.5. The lowest BCUT2D eigenvalue weighted by molar-refractivity contribution is 0.134.